The van der Waals surface area contributed by atoms with Crippen molar-refractivity contribution in [1.82, 2.24) is 4.90 Å². The number of nitrogens with one attached hydrogen (secondary N) is 2. The summed E-state index contributed by atoms with van der Waals surface area (Å²) < 4.78 is 5.07. The van der Waals surface area contributed by atoms with Crippen LogP contribution in [0.3, 0.4) is 0 Å². The highest BCUT2D eigenvalue weighted by atomic mass is 32.2. The van der Waals surface area contributed by atoms with Gasteiger partial charge >= 0.3 is 0 Å². The van der Waals surface area contributed by atoms with Gasteiger partial charge in [-0.05, 0) is 55.7 Å². The van der Waals surface area contributed by atoms with Crippen molar-refractivity contribution < 1.29 is 19.1 Å². The molecule has 0 aromatic heterocycles. The predicted octanol–water partition coefficient (Wildman–Crippen LogP) is 4.80. The van der Waals surface area contributed by atoms with Gasteiger partial charge in [0.05, 0.1) is 0 Å². The monoisotopic (exact) mass is 481 g/mol. The number of nitrogens with zero attached hydrogens (tertiary/aromatic N) is 1. The Morgan fingerprint density at radius 1 is 1.00 bits per heavy atom. The molecule has 0 fully saturated rings. The summed E-state index contributed by atoms with van der Waals surface area (Å²) >= 11 is 1.24. The molecule has 1 heterocycles. The number of carbonyl (C=O) groups is 3. The number of carbonyl (C=O) groups excluding carboxylic acids is 3. The van der Waals surface area contributed by atoms with Gasteiger partial charge in [0, 0.05) is 43.0 Å². The molecule has 3 rings (SSSR count). The summed E-state index contributed by atoms with van der Waals surface area (Å²) in [6.07, 6.45) is 1.02. The highest BCUT2D eigenvalue weighted by molar-refractivity contribution is 8.04. The molecular weight excluding hydrogens is 450 g/mol. The van der Waals surface area contributed by atoms with Crippen LogP contribution in [0.2, 0.25) is 0 Å². The Balaban J connectivity index is 1.80. The van der Waals surface area contributed by atoms with Gasteiger partial charge in [0.2, 0.25) is 5.91 Å². The van der Waals surface area contributed by atoms with Crippen LogP contribution in [-0.4, -0.2) is 42.9 Å². The average Bonchev–Trinajstić information content (AvgIpc) is 3.00. The zero-order valence-corrected chi connectivity index (χ0v) is 20.8. The Morgan fingerprint density at radius 3 is 2.26 bits per heavy atom. The van der Waals surface area contributed by atoms with Crippen LogP contribution >= 0.6 is 11.8 Å². The third-order valence-corrected chi connectivity index (χ3v) is 6.22. The van der Waals surface area contributed by atoms with Gasteiger partial charge in [0.1, 0.15) is 10.6 Å². The molecule has 1 aliphatic rings. The fraction of sp³-hybridized carbons (Fsp3) is 0.346. The Hall–Kier alpha value is -3.10. The van der Waals surface area contributed by atoms with Crippen molar-refractivity contribution >= 4 is 40.9 Å². The molecule has 0 atom stereocenters. The number of ether oxygens (including phenoxy) is 1. The lowest BCUT2D eigenvalue weighted by Crippen LogP contribution is -2.33. The topological polar surface area (TPSA) is 87.7 Å². The minimum absolute atomic E-state index is 0.0361. The van der Waals surface area contributed by atoms with Gasteiger partial charge in [-0.1, -0.05) is 43.3 Å². The molecule has 34 heavy (non-hydrogen) atoms. The van der Waals surface area contributed by atoms with Crippen LogP contribution in [0, 0.1) is 12.8 Å². The van der Waals surface area contributed by atoms with Gasteiger partial charge in [-0.15, -0.1) is 0 Å². The zero-order valence-electron chi connectivity index (χ0n) is 20.0. The molecule has 1 aliphatic heterocycles. The maximum Gasteiger partial charge on any atom is 0.278 e. The van der Waals surface area contributed by atoms with E-state index in [9.17, 15) is 14.4 Å². The molecule has 0 unspecified atom stereocenters. The van der Waals surface area contributed by atoms with E-state index in [4.69, 9.17) is 4.74 Å². The number of anilines is 2. The molecule has 2 N–H and O–H groups in total. The SMILES string of the molecule is COCCCN1C(=O)C(Nc2ccc(C)cc2)=C(Sc2ccc(NC(=O)CC(C)C)cc2)C1=O. The normalized spacial score (nSPS) is 13.7. The minimum atomic E-state index is -0.346. The first kappa shape index (κ1) is 25.5. The lowest BCUT2D eigenvalue weighted by Gasteiger charge is -2.14. The lowest BCUT2D eigenvalue weighted by molar-refractivity contribution is -0.137. The fourth-order valence-corrected chi connectivity index (χ4v) is 4.36. The smallest absolute Gasteiger partial charge is 0.278 e. The number of benzene rings is 2. The van der Waals surface area contributed by atoms with Gasteiger partial charge in [0.25, 0.3) is 11.8 Å². The van der Waals surface area contributed by atoms with Crippen molar-refractivity contribution in [1.29, 1.82) is 0 Å². The Bertz CT molecular complexity index is 1060. The predicted molar refractivity (Wildman–Crippen MR) is 135 cm³/mol. The van der Waals surface area contributed by atoms with E-state index in [0.717, 1.165) is 16.1 Å². The second kappa shape index (κ2) is 11.9. The summed E-state index contributed by atoms with van der Waals surface area (Å²) in [7, 11) is 1.59. The van der Waals surface area contributed by atoms with E-state index >= 15 is 0 Å². The van der Waals surface area contributed by atoms with Crippen LogP contribution in [0.1, 0.15) is 32.3 Å². The second-order valence-electron chi connectivity index (χ2n) is 8.58. The number of methoxy groups -OCH3 is 1. The number of amides is 3. The number of hydrogen-bond donors (Lipinski definition) is 2. The van der Waals surface area contributed by atoms with Crippen LogP contribution < -0.4 is 10.6 Å². The van der Waals surface area contributed by atoms with Crippen molar-refractivity contribution in [2.75, 3.05) is 30.9 Å². The largest absolute Gasteiger partial charge is 0.385 e. The Labute approximate surface area is 204 Å². The number of imide groups is 1. The first-order valence-electron chi connectivity index (χ1n) is 11.3. The third kappa shape index (κ3) is 6.71. The molecule has 0 radical (unpaired) electrons. The molecule has 0 saturated heterocycles. The van der Waals surface area contributed by atoms with E-state index in [1.54, 1.807) is 19.2 Å². The summed E-state index contributed by atoms with van der Waals surface area (Å²) in [5.74, 6) is -0.429. The van der Waals surface area contributed by atoms with E-state index in [1.807, 2.05) is 57.2 Å². The molecule has 3 amide bonds. The Morgan fingerprint density at radius 2 is 1.65 bits per heavy atom. The summed E-state index contributed by atoms with van der Waals surface area (Å²) in [5, 5.41) is 6.03. The first-order valence-corrected chi connectivity index (χ1v) is 12.1. The molecule has 2 aromatic carbocycles. The summed E-state index contributed by atoms with van der Waals surface area (Å²) in [4.78, 5) is 40.7. The van der Waals surface area contributed by atoms with E-state index < -0.39 is 0 Å². The van der Waals surface area contributed by atoms with Crippen LogP contribution in [0.5, 0.6) is 0 Å². The van der Waals surface area contributed by atoms with Crippen LogP contribution in [0.4, 0.5) is 11.4 Å². The minimum Gasteiger partial charge on any atom is -0.385 e. The van der Waals surface area contributed by atoms with Gasteiger partial charge in [-0.2, -0.15) is 0 Å². The van der Waals surface area contributed by atoms with Crippen molar-refractivity contribution in [2.45, 2.75) is 38.5 Å². The summed E-state index contributed by atoms with van der Waals surface area (Å²) in [6, 6.07) is 14.9. The van der Waals surface area contributed by atoms with Gasteiger partial charge < -0.3 is 15.4 Å². The van der Waals surface area contributed by atoms with Crippen molar-refractivity contribution in [3.8, 4) is 0 Å². The van der Waals surface area contributed by atoms with Crippen LogP contribution in [0.15, 0.2) is 64.0 Å². The fourth-order valence-electron chi connectivity index (χ4n) is 3.42. The lowest BCUT2D eigenvalue weighted by atomic mass is 10.1. The highest BCUT2D eigenvalue weighted by Crippen LogP contribution is 2.36. The number of thioether (sulfide) groups is 1. The highest BCUT2D eigenvalue weighted by Gasteiger charge is 2.38. The van der Waals surface area contributed by atoms with Gasteiger partial charge in [0.15, 0.2) is 0 Å². The van der Waals surface area contributed by atoms with Crippen molar-refractivity contribution in [2.24, 2.45) is 5.92 Å². The molecule has 180 valence electrons. The molecule has 2 aromatic rings. The first-order chi connectivity index (χ1) is 16.3. The molecule has 8 heteroatoms. The quantitative estimate of drug-likeness (QED) is 0.354. The zero-order chi connectivity index (χ0) is 24.7. The van der Waals surface area contributed by atoms with Gasteiger partial charge in [-0.3, -0.25) is 19.3 Å². The number of rotatable bonds is 11. The van der Waals surface area contributed by atoms with Crippen molar-refractivity contribution in [3.63, 3.8) is 0 Å². The molecule has 7 nitrogen and oxygen atoms in total. The average molecular weight is 482 g/mol. The van der Waals surface area contributed by atoms with Gasteiger partial charge in [-0.25, -0.2) is 0 Å². The maximum absolute atomic E-state index is 13.2. The number of hydrogen-bond acceptors (Lipinski definition) is 6. The standard InChI is InChI=1S/C26H31N3O4S/c1-17(2)16-22(30)27-19-10-12-21(13-11-19)34-24-23(28-20-8-6-18(3)7-9-20)25(31)29(26(24)32)14-5-15-33-4/h6-13,17,28H,5,14-16H2,1-4H3,(H,27,30). The van der Waals surface area contributed by atoms with Crippen LogP contribution in [0.25, 0.3) is 0 Å². The maximum atomic E-state index is 13.2. The van der Waals surface area contributed by atoms with E-state index in [2.05, 4.69) is 10.6 Å². The second-order valence-corrected chi connectivity index (χ2v) is 9.66. The van der Waals surface area contributed by atoms with Crippen molar-refractivity contribution in [3.05, 3.63) is 64.7 Å². The van der Waals surface area contributed by atoms with Crippen LogP contribution in [-0.2, 0) is 19.1 Å². The molecule has 0 spiro atoms. The van der Waals surface area contributed by atoms with E-state index in [0.29, 0.717) is 30.0 Å². The van der Waals surface area contributed by atoms with E-state index in [1.165, 1.54) is 16.7 Å². The third-order valence-electron chi connectivity index (χ3n) is 5.13. The molecule has 0 saturated carbocycles. The molecule has 0 bridgehead atoms. The number of aryl methyl sites for hydroxylation is 1. The molecule has 0 aliphatic carbocycles. The molecular formula is C26H31N3O4S. The summed E-state index contributed by atoms with van der Waals surface area (Å²) in [6.45, 7) is 6.72. The van der Waals surface area contributed by atoms with E-state index in [-0.39, 0.29) is 35.9 Å². The summed E-state index contributed by atoms with van der Waals surface area (Å²) in [5.41, 5.74) is 2.80. The Kier molecular flexibility index (Phi) is 8.90.